The minimum absolute atomic E-state index is 0.421. The van der Waals surface area contributed by atoms with Crippen LogP contribution in [0.25, 0.3) is 0 Å². The Bertz CT molecular complexity index is 141. The van der Waals surface area contributed by atoms with Crippen LogP contribution in [0.15, 0.2) is 0 Å². The predicted molar refractivity (Wildman–Crippen MR) is 55.9 cm³/mol. The van der Waals surface area contributed by atoms with Crippen molar-refractivity contribution in [1.29, 1.82) is 0 Å². The van der Waals surface area contributed by atoms with Crippen LogP contribution < -0.4 is 5.32 Å². The van der Waals surface area contributed by atoms with Gasteiger partial charge in [-0.25, -0.2) is 0 Å². The normalized spacial score (nSPS) is 30.7. The van der Waals surface area contributed by atoms with E-state index in [0.29, 0.717) is 5.41 Å². The van der Waals surface area contributed by atoms with Gasteiger partial charge < -0.3 is 10.1 Å². The first-order chi connectivity index (χ1) is 6.25. The molecule has 1 aliphatic heterocycles. The average molecular weight is 185 g/mol. The molecule has 0 aliphatic carbocycles. The van der Waals surface area contributed by atoms with Crippen molar-refractivity contribution in [1.82, 2.24) is 5.32 Å². The summed E-state index contributed by atoms with van der Waals surface area (Å²) in [4.78, 5) is 0. The first-order valence-corrected chi connectivity index (χ1v) is 5.47. The fraction of sp³-hybridized carbons (Fsp3) is 1.00. The number of rotatable bonds is 5. The lowest BCUT2D eigenvalue weighted by atomic mass is 9.73. The van der Waals surface area contributed by atoms with Gasteiger partial charge in [-0.05, 0) is 19.4 Å². The molecule has 1 fully saturated rings. The lowest BCUT2D eigenvalue weighted by Crippen LogP contribution is -2.38. The lowest BCUT2D eigenvalue weighted by molar-refractivity contribution is 0.108. The smallest absolute Gasteiger partial charge is 0.0538 e. The first kappa shape index (κ1) is 11.0. The Labute approximate surface area is 82.0 Å². The van der Waals surface area contributed by atoms with Crippen molar-refractivity contribution < 1.29 is 4.74 Å². The average Bonchev–Trinajstić information content (AvgIpc) is 2.55. The van der Waals surface area contributed by atoms with Gasteiger partial charge in [-0.15, -0.1) is 0 Å². The van der Waals surface area contributed by atoms with Crippen LogP contribution in [0.1, 0.15) is 33.1 Å². The third-order valence-corrected chi connectivity index (χ3v) is 3.43. The Kier molecular flexibility index (Phi) is 4.20. The van der Waals surface area contributed by atoms with Gasteiger partial charge in [0.05, 0.1) is 6.61 Å². The van der Waals surface area contributed by atoms with Crippen molar-refractivity contribution in [3.63, 3.8) is 0 Å². The molecule has 0 aromatic carbocycles. The fourth-order valence-electron chi connectivity index (χ4n) is 2.42. The molecule has 1 rings (SSSR count). The van der Waals surface area contributed by atoms with Crippen LogP contribution in [0.5, 0.6) is 0 Å². The number of hydrogen-bond donors (Lipinski definition) is 1. The topological polar surface area (TPSA) is 21.3 Å². The van der Waals surface area contributed by atoms with Crippen molar-refractivity contribution in [3.8, 4) is 0 Å². The van der Waals surface area contributed by atoms with Crippen LogP contribution in [0.3, 0.4) is 0 Å². The van der Waals surface area contributed by atoms with Crippen LogP contribution in [-0.4, -0.2) is 26.8 Å². The zero-order valence-electron chi connectivity index (χ0n) is 9.23. The van der Waals surface area contributed by atoms with E-state index in [4.69, 9.17) is 4.74 Å². The van der Waals surface area contributed by atoms with Crippen LogP contribution in [0.4, 0.5) is 0 Å². The second-order valence-corrected chi connectivity index (χ2v) is 4.39. The number of ether oxygens (including phenoxy) is 1. The Morgan fingerprint density at radius 2 is 2.31 bits per heavy atom. The zero-order valence-corrected chi connectivity index (χ0v) is 9.23. The molecule has 0 amide bonds. The largest absolute Gasteiger partial charge is 0.381 e. The summed E-state index contributed by atoms with van der Waals surface area (Å²) >= 11 is 0. The van der Waals surface area contributed by atoms with Crippen LogP contribution in [-0.2, 0) is 4.74 Å². The quantitative estimate of drug-likeness (QED) is 0.708. The fourth-order valence-corrected chi connectivity index (χ4v) is 2.42. The van der Waals surface area contributed by atoms with Gasteiger partial charge >= 0.3 is 0 Å². The lowest BCUT2D eigenvalue weighted by Gasteiger charge is -2.33. The molecule has 1 saturated heterocycles. The molecule has 1 aliphatic rings. The van der Waals surface area contributed by atoms with E-state index in [9.17, 15) is 0 Å². The Morgan fingerprint density at radius 1 is 1.54 bits per heavy atom. The number of hydrogen-bond acceptors (Lipinski definition) is 2. The summed E-state index contributed by atoms with van der Waals surface area (Å²) in [6.45, 7) is 7.65. The highest BCUT2D eigenvalue weighted by molar-refractivity contribution is 4.89. The summed E-state index contributed by atoms with van der Waals surface area (Å²) in [7, 11) is 2.04. The van der Waals surface area contributed by atoms with Crippen molar-refractivity contribution >= 4 is 0 Å². The molecule has 2 nitrogen and oxygen atoms in total. The maximum absolute atomic E-state index is 5.54. The minimum atomic E-state index is 0.421. The van der Waals surface area contributed by atoms with Crippen molar-refractivity contribution in [2.24, 2.45) is 11.3 Å². The van der Waals surface area contributed by atoms with E-state index in [1.807, 2.05) is 7.05 Å². The SMILES string of the molecule is CCCC(C)C1(CNC)CCOC1. The molecule has 78 valence electrons. The molecule has 13 heavy (non-hydrogen) atoms. The molecule has 0 aromatic heterocycles. The second kappa shape index (κ2) is 4.97. The van der Waals surface area contributed by atoms with Gasteiger partial charge in [0.1, 0.15) is 0 Å². The standard InChI is InChI=1S/C11H23NO/c1-4-5-10(2)11(8-12-3)6-7-13-9-11/h10,12H,4-9H2,1-3H3. The van der Waals surface area contributed by atoms with Gasteiger partial charge in [0.25, 0.3) is 0 Å². The highest BCUT2D eigenvalue weighted by atomic mass is 16.5. The predicted octanol–water partition coefficient (Wildman–Crippen LogP) is 2.05. The van der Waals surface area contributed by atoms with Gasteiger partial charge in [0, 0.05) is 18.6 Å². The van der Waals surface area contributed by atoms with Crippen molar-refractivity contribution in [2.75, 3.05) is 26.8 Å². The molecule has 0 spiro atoms. The van der Waals surface area contributed by atoms with E-state index in [1.54, 1.807) is 0 Å². The van der Waals surface area contributed by atoms with Crippen LogP contribution >= 0.6 is 0 Å². The maximum Gasteiger partial charge on any atom is 0.0538 e. The van der Waals surface area contributed by atoms with E-state index in [2.05, 4.69) is 19.2 Å². The zero-order chi connectivity index (χ0) is 9.73. The summed E-state index contributed by atoms with van der Waals surface area (Å²) in [6, 6.07) is 0. The van der Waals surface area contributed by atoms with E-state index < -0.39 is 0 Å². The molecule has 1 N–H and O–H groups in total. The number of nitrogens with one attached hydrogen (secondary N) is 1. The van der Waals surface area contributed by atoms with Crippen molar-refractivity contribution in [2.45, 2.75) is 33.1 Å². The van der Waals surface area contributed by atoms with Gasteiger partial charge in [-0.3, -0.25) is 0 Å². The van der Waals surface area contributed by atoms with E-state index in [-0.39, 0.29) is 0 Å². The molecule has 2 atom stereocenters. The summed E-state index contributed by atoms with van der Waals surface area (Å²) < 4.78 is 5.54. The monoisotopic (exact) mass is 185 g/mol. The van der Waals surface area contributed by atoms with E-state index >= 15 is 0 Å². The van der Waals surface area contributed by atoms with Gasteiger partial charge in [-0.1, -0.05) is 26.7 Å². The van der Waals surface area contributed by atoms with Gasteiger partial charge in [0.2, 0.25) is 0 Å². The summed E-state index contributed by atoms with van der Waals surface area (Å²) in [5.74, 6) is 0.785. The molecule has 2 heteroatoms. The molecule has 0 bridgehead atoms. The summed E-state index contributed by atoms with van der Waals surface area (Å²) in [6.07, 6.45) is 3.84. The highest BCUT2D eigenvalue weighted by Gasteiger charge is 2.38. The van der Waals surface area contributed by atoms with E-state index in [1.165, 1.54) is 19.3 Å². The molecular formula is C11H23NO. The molecule has 1 heterocycles. The third-order valence-electron chi connectivity index (χ3n) is 3.43. The molecule has 2 unspecified atom stereocenters. The molecular weight excluding hydrogens is 162 g/mol. The Morgan fingerprint density at radius 3 is 2.77 bits per heavy atom. The van der Waals surface area contributed by atoms with Crippen LogP contribution in [0.2, 0.25) is 0 Å². The third kappa shape index (κ3) is 2.44. The Balaban J connectivity index is 2.54. The maximum atomic E-state index is 5.54. The van der Waals surface area contributed by atoms with Gasteiger partial charge in [0.15, 0.2) is 0 Å². The molecule has 0 saturated carbocycles. The minimum Gasteiger partial charge on any atom is -0.381 e. The second-order valence-electron chi connectivity index (χ2n) is 4.39. The molecule has 0 radical (unpaired) electrons. The van der Waals surface area contributed by atoms with E-state index in [0.717, 1.165) is 25.7 Å². The van der Waals surface area contributed by atoms with Crippen LogP contribution in [0, 0.1) is 11.3 Å². The molecule has 0 aromatic rings. The highest BCUT2D eigenvalue weighted by Crippen LogP contribution is 2.38. The van der Waals surface area contributed by atoms with Crippen molar-refractivity contribution in [3.05, 3.63) is 0 Å². The van der Waals surface area contributed by atoms with Gasteiger partial charge in [-0.2, -0.15) is 0 Å². The summed E-state index contributed by atoms with van der Waals surface area (Å²) in [5, 5.41) is 3.31. The summed E-state index contributed by atoms with van der Waals surface area (Å²) in [5.41, 5.74) is 0.421. The Hall–Kier alpha value is -0.0800. The first-order valence-electron chi connectivity index (χ1n) is 5.47.